The molecule has 1 aromatic carbocycles. The Labute approximate surface area is 134 Å². The van der Waals surface area contributed by atoms with Crippen LogP contribution in [-0.2, 0) is 11.3 Å². The van der Waals surface area contributed by atoms with E-state index in [-0.39, 0.29) is 12.2 Å². The minimum absolute atomic E-state index is 0.0503. The van der Waals surface area contributed by atoms with Gasteiger partial charge in [-0.15, -0.1) is 11.3 Å². The molecule has 3 fully saturated rings. The van der Waals surface area contributed by atoms with Gasteiger partial charge in [0.05, 0.1) is 11.7 Å². The van der Waals surface area contributed by atoms with Gasteiger partial charge in [-0.3, -0.25) is 4.90 Å². The lowest BCUT2D eigenvalue weighted by Crippen LogP contribution is -2.37. The Morgan fingerprint density at radius 3 is 3.14 bits per heavy atom. The zero-order valence-electron chi connectivity index (χ0n) is 12.6. The third-order valence-corrected chi connectivity index (χ3v) is 7.02. The number of ether oxygens (including phenoxy) is 1. The maximum atomic E-state index is 9.71. The molecule has 4 heterocycles. The Morgan fingerprint density at radius 2 is 2.27 bits per heavy atom. The number of nitrogens with zero attached hydrogens (tertiary/aromatic N) is 1. The molecule has 4 heteroatoms. The summed E-state index contributed by atoms with van der Waals surface area (Å²) in [6.07, 6.45) is 2.64. The van der Waals surface area contributed by atoms with Gasteiger partial charge in [0.25, 0.3) is 0 Å². The molecule has 0 aliphatic carbocycles. The van der Waals surface area contributed by atoms with Crippen molar-refractivity contribution in [1.82, 2.24) is 4.90 Å². The molecule has 5 rings (SSSR count). The fraction of sp³-hybridized carbons (Fsp3) is 0.556. The average Bonchev–Trinajstić information content (AvgIpc) is 3.23. The number of fused-ring (bicyclic) bond motifs is 2. The number of aliphatic hydroxyl groups excluding tert-OH is 1. The van der Waals surface area contributed by atoms with Gasteiger partial charge >= 0.3 is 0 Å². The lowest BCUT2D eigenvalue weighted by atomic mass is 9.74. The second kappa shape index (κ2) is 4.78. The van der Waals surface area contributed by atoms with Gasteiger partial charge in [-0.1, -0.05) is 18.2 Å². The molecule has 2 aromatic rings. The van der Waals surface area contributed by atoms with Crippen LogP contribution in [0.4, 0.5) is 0 Å². The highest BCUT2D eigenvalue weighted by atomic mass is 32.1. The van der Waals surface area contributed by atoms with Crippen molar-refractivity contribution in [1.29, 1.82) is 0 Å². The van der Waals surface area contributed by atoms with Gasteiger partial charge in [-0.25, -0.2) is 0 Å². The van der Waals surface area contributed by atoms with Gasteiger partial charge in [-0.2, -0.15) is 0 Å². The number of likely N-dealkylation sites (tertiary alicyclic amines) is 1. The Hall–Kier alpha value is -0.940. The van der Waals surface area contributed by atoms with Crippen LogP contribution in [0.15, 0.2) is 30.3 Å². The standard InChI is InChI=1S/C18H21NO2S/c20-10-14-15-9-19(11-18(15)6-5-16(14)21-18)8-13-7-12-3-1-2-4-17(12)22-13/h1-4,7,14-16,20H,5-6,8-11H2/t14-,15+,16+,18+/m0/s1. The van der Waals surface area contributed by atoms with Gasteiger partial charge in [0.2, 0.25) is 0 Å². The zero-order chi connectivity index (χ0) is 14.7. The maximum absolute atomic E-state index is 9.71. The van der Waals surface area contributed by atoms with Crippen LogP contribution in [0.5, 0.6) is 0 Å². The third kappa shape index (κ3) is 1.84. The van der Waals surface area contributed by atoms with Crippen LogP contribution in [0.25, 0.3) is 10.1 Å². The number of rotatable bonds is 3. The van der Waals surface area contributed by atoms with E-state index in [4.69, 9.17) is 4.74 Å². The highest BCUT2D eigenvalue weighted by Gasteiger charge is 2.62. The van der Waals surface area contributed by atoms with E-state index in [0.717, 1.165) is 26.1 Å². The monoisotopic (exact) mass is 315 g/mol. The molecule has 116 valence electrons. The summed E-state index contributed by atoms with van der Waals surface area (Å²) in [5, 5.41) is 11.1. The average molecular weight is 315 g/mol. The molecule has 1 aromatic heterocycles. The summed E-state index contributed by atoms with van der Waals surface area (Å²) < 4.78 is 7.69. The molecule has 3 nitrogen and oxygen atoms in total. The molecule has 0 radical (unpaired) electrons. The van der Waals surface area contributed by atoms with E-state index in [1.807, 2.05) is 11.3 Å². The molecule has 3 aliphatic rings. The topological polar surface area (TPSA) is 32.7 Å². The Kier molecular flexibility index (Phi) is 2.93. The van der Waals surface area contributed by atoms with Crippen molar-refractivity contribution in [2.45, 2.75) is 31.1 Å². The van der Waals surface area contributed by atoms with Gasteiger partial charge in [-0.05, 0) is 30.4 Å². The van der Waals surface area contributed by atoms with Crippen LogP contribution in [0, 0.1) is 11.8 Å². The quantitative estimate of drug-likeness (QED) is 0.945. The number of thiophene rings is 1. The van der Waals surface area contributed by atoms with E-state index < -0.39 is 0 Å². The number of hydrogen-bond donors (Lipinski definition) is 1. The van der Waals surface area contributed by atoms with E-state index in [1.165, 1.54) is 21.4 Å². The van der Waals surface area contributed by atoms with E-state index >= 15 is 0 Å². The van der Waals surface area contributed by atoms with Gasteiger partial charge in [0.1, 0.15) is 0 Å². The summed E-state index contributed by atoms with van der Waals surface area (Å²) >= 11 is 1.90. The van der Waals surface area contributed by atoms with Crippen molar-refractivity contribution < 1.29 is 9.84 Å². The summed E-state index contributed by atoms with van der Waals surface area (Å²) in [5.74, 6) is 0.895. The van der Waals surface area contributed by atoms with Gasteiger partial charge in [0, 0.05) is 47.7 Å². The van der Waals surface area contributed by atoms with Crippen molar-refractivity contribution in [2.75, 3.05) is 19.7 Å². The summed E-state index contributed by atoms with van der Waals surface area (Å²) in [4.78, 5) is 3.98. The molecular formula is C18H21NO2S. The molecule has 0 saturated carbocycles. The minimum Gasteiger partial charge on any atom is -0.396 e. The van der Waals surface area contributed by atoms with Crippen LogP contribution < -0.4 is 0 Å². The molecule has 1 spiro atoms. The Balaban J connectivity index is 1.37. The lowest BCUT2D eigenvalue weighted by molar-refractivity contribution is 0.000458. The van der Waals surface area contributed by atoms with Crippen LogP contribution in [0.1, 0.15) is 17.7 Å². The lowest BCUT2D eigenvalue weighted by Gasteiger charge is -2.28. The first-order chi connectivity index (χ1) is 10.8. The number of benzene rings is 1. The minimum atomic E-state index is 0.0503. The van der Waals surface area contributed by atoms with E-state index in [0.29, 0.717) is 17.9 Å². The molecule has 0 unspecified atom stereocenters. The van der Waals surface area contributed by atoms with Crippen molar-refractivity contribution >= 4 is 21.4 Å². The van der Waals surface area contributed by atoms with E-state index in [2.05, 4.69) is 35.2 Å². The van der Waals surface area contributed by atoms with Gasteiger partial charge in [0.15, 0.2) is 0 Å². The molecular weight excluding hydrogens is 294 g/mol. The van der Waals surface area contributed by atoms with Crippen LogP contribution in [-0.4, -0.2) is 41.4 Å². The second-order valence-corrected chi connectivity index (χ2v) is 8.30. The van der Waals surface area contributed by atoms with Crippen molar-refractivity contribution in [3.05, 3.63) is 35.2 Å². The highest BCUT2D eigenvalue weighted by molar-refractivity contribution is 7.19. The smallest absolute Gasteiger partial charge is 0.0858 e. The maximum Gasteiger partial charge on any atom is 0.0858 e. The predicted molar refractivity (Wildman–Crippen MR) is 88.0 cm³/mol. The van der Waals surface area contributed by atoms with Gasteiger partial charge < -0.3 is 9.84 Å². The fourth-order valence-electron chi connectivity index (χ4n) is 4.99. The zero-order valence-corrected chi connectivity index (χ0v) is 13.4. The predicted octanol–water partition coefficient (Wildman–Crippen LogP) is 2.87. The Morgan fingerprint density at radius 1 is 1.36 bits per heavy atom. The fourth-order valence-corrected chi connectivity index (χ4v) is 6.09. The second-order valence-electron chi connectivity index (χ2n) is 7.13. The van der Waals surface area contributed by atoms with Crippen molar-refractivity contribution in [3.8, 4) is 0 Å². The first-order valence-electron chi connectivity index (χ1n) is 8.26. The number of aliphatic hydroxyl groups is 1. The molecule has 3 aliphatic heterocycles. The normalized spacial score (nSPS) is 37.2. The Bertz CT molecular complexity index is 681. The molecule has 0 amide bonds. The first-order valence-corrected chi connectivity index (χ1v) is 9.07. The molecule has 22 heavy (non-hydrogen) atoms. The largest absolute Gasteiger partial charge is 0.396 e. The van der Waals surface area contributed by atoms with Crippen molar-refractivity contribution in [3.63, 3.8) is 0 Å². The van der Waals surface area contributed by atoms with Crippen LogP contribution in [0.2, 0.25) is 0 Å². The SMILES string of the molecule is OC[C@H]1[C@H]2CN(Cc3cc4ccccc4s3)C[C@]23CC[C@H]1O3. The molecule has 3 saturated heterocycles. The van der Waals surface area contributed by atoms with Crippen molar-refractivity contribution in [2.24, 2.45) is 11.8 Å². The van der Waals surface area contributed by atoms with E-state index in [1.54, 1.807) is 0 Å². The molecule has 4 atom stereocenters. The molecule has 2 bridgehead atoms. The summed E-state index contributed by atoms with van der Waals surface area (Å²) in [7, 11) is 0. The number of hydrogen-bond acceptors (Lipinski definition) is 4. The summed E-state index contributed by atoms with van der Waals surface area (Å²) in [6.45, 7) is 3.42. The first kappa shape index (κ1) is 13.5. The van der Waals surface area contributed by atoms with E-state index in [9.17, 15) is 5.11 Å². The van der Waals surface area contributed by atoms with Crippen LogP contribution >= 0.6 is 11.3 Å². The third-order valence-electron chi connectivity index (χ3n) is 5.92. The summed E-state index contributed by atoms with van der Waals surface area (Å²) in [6, 6.07) is 10.9. The summed E-state index contributed by atoms with van der Waals surface area (Å²) in [5.41, 5.74) is 0.0503. The highest BCUT2D eigenvalue weighted by Crippen LogP contribution is 2.54. The molecule has 1 N–H and O–H groups in total. The van der Waals surface area contributed by atoms with Crippen LogP contribution in [0.3, 0.4) is 0 Å².